The summed E-state index contributed by atoms with van der Waals surface area (Å²) in [6.07, 6.45) is 3.56. The van der Waals surface area contributed by atoms with E-state index in [0.717, 1.165) is 18.7 Å². The van der Waals surface area contributed by atoms with Crippen molar-refractivity contribution in [2.45, 2.75) is 32.6 Å². The van der Waals surface area contributed by atoms with Gasteiger partial charge < -0.3 is 19.4 Å². The van der Waals surface area contributed by atoms with E-state index in [4.69, 9.17) is 20.8 Å². The molecule has 0 bridgehead atoms. The van der Waals surface area contributed by atoms with E-state index in [2.05, 4.69) is 32.5 Å². The van der Waals surface area contributed by atoms with Crippen molar-refractivity contribution in [2.24, 2.45) is 0 Å². The van der Waals surface area contributed by atoms with Gasteiger partial charge in [-0.3, -0.25) is 4.79 Å². The molecule has 1 fully saturated rings. The molecule has 1 aliphatic rings. The Morgan fingerprint density at radius 3 is 2.48 bits per heavy atom. The van der Waals surface area contributed by atoms with E-state index in [1.54, 1.807) is 19.1 Å². The third-order valence-electron chi connectivity index (χ3n) is 5.57. The minimum Gasteiger partial charge on any atom is -0.465 e. The van der Waals surface area contributed by atoms with Crippen molar-refractivity contribution in [1.29, 1.82) is 0 Å². The van der Waals surface area contributed by atoms with Gasteiger partial charge in [-0.1, -0.05) is 23.7 Å². The molecule has 1 saturated heterocycles. The van der Waals surface area contributed by atoms with E-state index in [-0.39, 0.29) is 23.6 Å². The van der Waals surface area contributed by atoms with E-state index >= 15 is 0 Å². The standard InChI is InChI=1S/C24H25ClN4O4/c1-15-27-28-23(33-15)14-22(30)26-21-13-20(25)18(12-19(21)24(31)32-2)16-6-8-17(9-7-16)29-10-4-3-5-11-29/h6-9,12-13H,3-5,10-11,14H2,1-2H3,(H,26,30). The lowest BCUT2D eigenvalue weighted by Gasteiger charge is -2.29. The number of hydrogen-bond donors (Lipinski definition) is 1. The zero-order valence-corrected chi connectivity index (χ0v) is 19.3. The number of benzene rings is 2. The highest BCUT2D eigenvalue weighted by molar-refractivity contribution is 6.34. The molecule has 8 nitrogen and oxygen atoms in total. The summed E-state index contributed by atoms with van der Waals surface area (Å²) in [7, 11) is 1.29. The van der Waals surface area contributed by atoms with Gasteiger partial charge in [0, 0.05) is 31.3 Å². The molecule has 0 saturated carbocycles. The number of amides is 1. The van der Waals surface area contributed by atoms with Crippen molar-refractivity contribution < 1.29 is 18.7 Å². The Hall–Kier alpha value is -3.39. The molecule has 33 heavy (non-hydrogen) atoms. The molecule has 1 aromatic heterocycles. The van der Waals surface area contributed by atoms with Crippen LogP contribution >= 0.6 is 11.6 Å². The van der Waals surface area contributed by atoms with Crippen LogP contribution in [0.2, 0.25) is 5.02 Å². The number of aromatic nitrogens is 2. The number of aryl methyl sites for hydroxylation is 1. The number of halogens is 1. The lowest BCUT2D eigenvalue weighted by molar-refractivity contribution is -0.115. The van der Waals surface area contributed by atoms with Crippen molar-refractivity contribution in [3.63, 3.8) is 0 Å². The maximum absolute atomic E-state index is 12.5. The number of rotatable bonds is 6. The zero-order chi connectivity index (χ0) is 23.4. The molecule has 4 rings (SSSR count). The van der Waals surface area contributed by atoms with Crippen LogP contribution in [-0.4, -0.2) is 42.3 Å². The van der Waals surface area contributed by atoms with Crippen LogP contribution in [0, 0.1) is 6.92 Å². The van der Waals surface area contributed by atoms with Gasteiger partial charge in [-0.2, -0.15) is 0 Å². The van der Waals surface area contributed by atoms with Crippen LogP contribution in [0.15, 0.2) is 40.8 Å². The largest absolute Gasteiger partial charge is 0.465 e. The summed E-state index contributed by atoms with van der Waals surface area (Å²) in [6.45, 7) is 3.76. The lowest BCUT2D eigenvalue weighted by atomic mass is 10.0. The van der Waals surface area contributed by atoms with Gasteiger partial charge in [0.25, 0.3) is 0 Å². The molecule has 1 N–H and O–H groups in total. The topological polar surface area (TPSA) is 97.6 Å². The minimum absolute atomic E-state index is 0.126. The molecule has 0 unspecified atom stereocenters. The summed E-state index contributed by atoms with van der Waals surface area (Å²) in [5.74, 6) is -0.451. The molecule has 1 amide bonds. The van der Waals surface area contributed by atoms with Gasteiger partial charge in [-0.25, -0.2) is 4.79 Å². The minimum atomic E-state index is -0.582. The lowest BCUT2D eigenvalue weighted by Crippen LogP contribution is -2.29. The number of hydrogen-bond acceptors (Lipinski definition) is 7. The fourth-order valence-electron chi connectivity index (χ4n) is 3.92. The van der Waals surface area contributed by atoms with Gasteiger partial charge in [0.2, 0.25) is 17.7 Å². The molecule has 0 spiro atoms. The Morgan fingerprint density at radius 1 is 1.12 bits per heavy atom. The zero-order valence-electron chi connectivity index (χ0n) is 18.6. The van der Waals surface area contributed by atoms with Gasteiger partial charge in [-0.05, 0) is 49.1 Å². The van der Waals surface area contributed by atoms with E-state index in [0.29, 0.717) is 16.5 Å². The van der Waals surface area contributed by atoms with Crippen molar-refractivity contribution >= 4 is 34.9 Å². The monoisotopic (exact) mass is 468 g/mol. The summed E-state index contributed by atoms with van der Waals surface area (Å²) in [4.78, 5) is 27.3. The highest BCUT2D eigenvalue weighted by Crippen LogP contribution is 2.35. The first-order valence-electron chi connectivity index (χ1n) is 10.8. The molecule has 9 heteroatoms. The summed E-state index contributed by atoms with van der Waals surface area (Å²) < 4.78 is 10.2. The summed E-state index contributed by atoms with van der Waals surface area (Å²) in [5.41, 5.74) is 3.16. The van der Waals surface area contributed by atoms with Crippen LogP contribution in [0.3, 0.4) is 0 Å². The van der Waals surface area contributed by atoms with E-state index in [1.165, 1.54) is 32.1 Å². The summed E-state index contributed by atoms with van der Waals surface area (Å²) in [5, 5.41) is 10.6. The quantitative estimate of drug-likeness (QED) is 0.525. The van der Waals surface area contributed by atoms with Crippen molar-refractivity contribution in [3.8, 4) is 11.1 Å². The first-order chi connectivity index (χ1) is 15.9. The number of methoxy groups -OCH3 is 1. The van der Waals surface area contributed by atoms with Crippen LogP contribution in [0.1, 0.15) is 41.4 Å². The van der Waals surface area contributed by atoms with Gasteiger partial charge in [0.1, 0.15) is 6.42 Å². The second-order valence-electron chi connectivity index (χ2n) is 7.90. The maximum atomic E-state index is 12.5. The van der Waals surface area contributed by atoms with Gasteiger partial charge in [-0.15, -0.1) is 10.2 Å². The number of piperidine rings is 1. The van der Waals surface area contributed by atoms with Gasteiger partial charge in [0.05, 0.1) is 23.4 Å². The molecular weight excluding hydrogens is 444 g/mol. The Labute approximate surface area is 196 Å². The fourth-order valence-corrected chi connectivity index (χ4v) is 4.19. The third kappa shape index (κ3) is 5.34. The van der Waals surface area contributed by atoms with E-state index in [1.807, 2.05) is 12.1 Å². The van der Waals surface area contributed by atoms with Crippen LogP contribution in [-0.2, 0) is 16.0 Å². The van der Waals surface area contributed by atoms with E-state index in [9.17, 15) is 9.59 Å². The Kier molecular flexibility index (Phi) is 6.93. The number of carbonyl (C=O) groups is 2. The highest BCUT2D eigenvalue weighted by atomic mass is 35.5. The van der Waals surface area contributed by atoms with Crippen molar-refractivity contribution in [2.75, 3.05) is 30.4 Å². The van der Waals surface area contributed by atoms with Crippen LogP contribution in [0.4, 0.5) is 11.4 Å². The number of nitrogens with zero attached hydrogens (tertiary/aromatic N) is 3. The fraction of sp³-hybridized carbons (Fsp3) is 0.333. The molecule has 172 valence electrons. The van der Waals surface area contributed by atoms with Crippen molar-refractivity contribution in [3.05, 3.63) is 58.8 Å². The second kappa shape index (κ2) is 10.0. The maximum Gasteiger partial charge on any atom is 0.339 e. The molecule has 0 aliphatic carbocycles. The first kappa shape index (κ1) is 22.8. The molecule has 2 aromatic carbocycles. The predicted molar refractivity (Wildman–Crippen MR) is 126 cm³/mol. The van der Waals surface area contributed by atoms with Crippen LogP contribution in [0.5, 0.6) is 0 Å². The number of ether oxygens (including phenoxy) is 1. The summed E-state index contributed by atoms with van der Waals surface area (Å²) >= 11 is 6.56. The molecule has 0 atom stereocenters. The Morgan fingerprint density at radius 2 is 1.85 bits per heavy atom. The number of nitrogens with one attached hydrogen (secondary N) is 1. The second-order valence-corrected chi connectivity index (χ2v) is 8.31. The van der Waals surface area contributed by atoms with Crippen molar-refractivity contribution in [1.82, 2.24) is 10.2 Å². The Bertz CT molecular complexity index is 1150. The average Bonchev–Trinajstić information content (AvgIpc) is 3.23. The van der Waals surface area contributed by atoms with E-state index < -0.39 is 11.9 Å². The molecular formula is C24H25ClN4O4. The van der Waals surface area contributed by atoms with Gasteiger partial charge >= 0.3 is 5.97 Å². The normalized spacial score (nSPS) is 13.6. The molecule has 2 heterocycles. The SMILES string of the molecule is COC(=O)c1cc(-c2ccc(N3CCCCC3)cc2)c(Cl)cc1NC(=O)Cc1nnc(C)o1. The summed E-state index contributed by atoms with van der Waals surface area (Å²) in [6, 6.07) is 11.3. The smallest absolute Gasteiger partial charge is 0.339 e. The third-order valence-corrected chi connectivity index (χ3v) is 5.88. The molecule has 3 aromatic rings. The number of esters is 1. The molecule has 1 aliphatic heterocycles. The number of anilines is 2. The average molecular weight is 469 g/mol. The molecule has 0 radical (unpaired) electrons. The Balaban J connectivity index is 1.59. The number of carbonyl (C=O) groups excluding carboxylic acids is 2. The predicted octanol–water partition coefficient (Wildman–Crippen LogP) is 4.66. The highest BCUT2D eigenvalue weighted by Gasteiger charge is 2.20. The van der Waals surface area contributed by atoms with Crippen LogP contribution < -0.4 is 10.2 Å². The van der Waals surface area contributed by atoms with Gasteiger partial charge in [0.15, 0.2) is 0 Å². The van der Waals surface area contributed by atoms with Crippen LogP contribution in [0.25, 0.3) is 11.1 Å². The first-order valence-corrected chi connectivity index (χ1v) is 11.2.